The monoisotopic (exact) mass is 360 g/mol. The second-order valence-corrected chi connectivity index (χ2v) is 7.13. The summed E-state index contributed by atoms with van der Waals surface area (Å²) in [5, 5.41) is 3.83. The minimum absolute atomic E-state index is 0.110. The molecule has 1 aromatic carbocycles. The standard InChI is InChI=1S/C20H25ClN2O2/c21-19-5-3-17(4-6-19)18(15-23-9-1-2-10-23)13-20(24)22-14-16-7-11-25-12-8-16/h1-6,9-10,16,18H,7-8,11-15H2,(H,22,24)/t18-/m0/s1. The van der Waals surface area contributed by atoms with Crippen LogP contribution in [0.15, 0.2) is 48.8 Å². The second kappa shape index (κ2) is 9.07. The van der Waals surface area contributed by atoms with E-state index in [1.54, 1.807) is 0 Å². The lowest BCUT2D eigenvalue weighted by Gasteiger charge is -2.23. The Kier molecular flexibility index (Phi) is 6.54. The number of aromatic nitrogens is 1. The number of carbonyl (C=O) groups excluding carboxylic acids is 1. The van der Waals surface area contributed by atoms with Gasteiger partial charge in [0.2, 0.25) is 5.91 Å². The van der Waals surface area contributed by atoms with Gasteiger partial charge in [-0.05, 0) is 48.6 Å². The molecular formula is C20H25ClN2O2. The highest BCUT2D eigenvalue weighted by molar-refractivity contribution is 6.30. The van der Waals surface area contributed by atoms with Gasteiger partial charge in [-0.1, -0.05) is 23.7 Å². The molecule has 0 radical (unpaired) electrons. The van der Waals surface area contributed by atoms with Crippen molar-refractivity contribution < 1.29 is 9.53 Å². The first kappa shape index (κ1) is 18.0. The second-order valence-electron chi connectivity index (χ2n) is 6.69. The maximum Gasteiger partial charge on any atom is 0.220 e. The maximum atomic E-state index is 12.5. The van der Waals surface area contributed by atoms with Crippen molar-refractivity contribution in [2.24, 2.45) is 5.92 Å². The van der Waals surface area contributed by atoms with Gasteiger partial charge in [0.15, 0.2) is 0 Å². The number of benzene rings is 1. The van der Waals surface area contributed by atoms with Crippen molar-refractivity contribution in [3.63, 3.8) is 0 Å². The van der Waals surface area contributed by atoms with Crippen LogP contribution in [-0.4, -0.2) is 30.2 Å². The van der Waals surface area contributed by atoms with E-state index in [2.05, 4.69) is 9.88 Å². The van der Waals surface area contributed by atoms with Crippen LogP contribution in [0.3, 0.4) is 0 Å². The molecule has 25 heavy (non-hydrogen) atoms. The third kappa shape index (κ3) is 5.62. The van der Waals surface area contributed by atoms with Crippen molar-refractivity contribution in [3.8, 4) is 0 Å². The highest BCUT2D eigenvalue weighted by atomic mass is 35.5. The number of rotatable bonds is 7. The molecule has 1 saturated heterocycles. The highest BCUT2D eigenvalue weighted by Gasteiger charge is 2.19. The molecule has 5 heteroatoms. The first-order valence-electron chi connectivity index (χ1n) is 8.91. The third-order valence-electron chi connectivity index (χ3n) is 4.80. The van der Waals surface area contributed by atoms with Gasteiger partial charge < -0.3 is 14.6 Å². The molecule has 2 aromatic rings. The normalized spacial score (nSPS) is 16.5. The van der Waals surface area contributed by atoms with E-state index < -0.39 is 0 Å². The van der Waals surface area contributed by atoms with E-state index >= 15 is 0 Å². The third-order valence-corrected chi connectivity index (χ3v) is 5.05. The molecule has 4 nitrogen and oxygen atoms in total. The summed E-state index contributed by atoms with van der Waals surface area (Å²) in [6.45, 7) is 3.14. The molecule has 134 valence electrons. The summed E-state index contributed by atoms with van der Waals surface area (Å²) in [7, 11) is 0. The van der Waals surface area contributed by atoms with Gasteiger partial charge in [0, 0.05) is 56.1 Å². The van der Waals surface area contributed by atoms with E-state index in [9.17, 15) is 4.79 Å². The smallest absolute Gasteiger partial charge is 0.220 e. The van der Waals surface area contributed by atoms with Gasteiger partial charge >= 0.3 is 0 Å². The molecule has 0 aliphatic carbocycles. The van der Waals surface area contributed by atoms with Crippen molar-refractivity contribution >= 4 is 17.5 Å². The summed E-state index contributed by atoms with van der Waals surface area (Å²) in [6.07, 6.45) is 6.60. The molecule has 3 rings (SSSR count). The zero-order chi connectivity index (χ0) is 17.5. The topological polar surface area (TPSA) is 43.3 Å². The summed E-state index contributed by atoms with van der Waals surface area (Å²) in [5.41, 5.74) is 1.14. The Balaban J connectivity index is 1.60. The van der Waals surface area contributed by atoms with Crippen LogP contribution < -0.4 is 5.32 Å². The van der Waals surface area contributed by atoms with Crippen LogP contribution in [0.4, 0.5) is 0 Å². The van der Waals surface area contributed by atoms with Crippen LogP contribution in [0.25, 0.3) is 0 Å². The van der Waals surface area contributed by atoms with Crippen LogP contribution in [0.2, 0.25) is 5.02 Å². The Bertz CT molecular complexity index is 649. The van der Waals surface area contributed by atoms with E-state index in [0.29, 0.717) is 17.4 Å². The molecule has 2 heterocycles. The fourth-order valence-electron chi connectivity index (χ4n) is 3.27. The number of amides is 1. The number of hydrogen-bond donors (Lipinski definition) is 1. The summed E-state index contributed by atoms with van der Waals surface area (Å²) in [4.78, 5) is 12.5. The molecule has 1 N–H and O–H groups in total. The number of nitrogens with one attached hydrogen (secondary N) is 1. The molecule has 0 unspecified atom stereocenters. The number of hydrogen-bond acceptors (Lipinski definition) is 2. The fourth-order valence-corrected chi connectivity index (χ4v) is 3.40. The average molecular weight is 361 g/mol. The Morgan fingerprint density at radius 2 is 1.88 bits per heavy atom. The average Bonchev–Trinajstić information content (AvgIpc) is 3.14. The van der Waals surface area contributed by atoms with Crippen LogP contribution in [0.1, 0.15) is 30.7 Å². The molecule has 0 bridgehead atoms. The van der Waals surface area contributed by atoms with Gasteiger partial charge in [-0.25, -0.2) is 0 Å². The van der Waals surface area contributed by atoms with Gasteiger partial charge in [0.1, 0.15) is 0 Å². The quantitative estimate of drug-likeness (QED) is 0.814. The molecule has 1 fully saturated rings. The zero-order valence-corrected chi connectivity index (χ0v) is 15.1. The Morgan fingerprint density at radius 3 is 2.56 bits per heavy atom. The molecule has 1 aliphatic heterocycles. The Hall–Kier alpha value is -1.78. The molecule has 1 atom stereocenters. The van der Waals surface area contributed by atoms with Crippen LogP contribution in [-0.2, 0) is 16.1 Å². The minimum atomic E-state index is 0.110. The van der Waals surface area contributed by atoms with E-state index in [1.807, 2.05) is 48.8 Å². The SMILES string of the molecule is O=C(C[C@@H](Cn1cccc1)c1ccc(Cl)cc1)NCC1CCOCC1. The van der Waals surface area contributed by atoms with Crippen LogP contribution in [0, 0.1) is 5.92 Å². The van der Waals surface area contributed by atoms with E-state index in [4.69, 9.17) is 16.3 Å². The highest BCUT2D eigenvalue weighted by Crippen LogP contribution is 2.24. The Morgan fingerprint density at radius 1 is 1.20 bits per heavy atom. The molecule has 1 aromatic heterocycles. The first-order chi connectivity index (χ1) is 12.2. The van der Waals surface area contributed by atoms with Crippen molar-refractivity contribution in [2.45, 2.75) is 31.7 Å². The molecule has 1 amide bonds. The lowest BCUT2D eigenvalue weighted by molar-refractivity contribution is -0.121. The van der Waals surface area contributed by atoms with E-state index in [1.165, 1.54) is 0 Å². The molecule has 1 aliphatic rings. The summed E-state index contributed by atoms with van der Waals surface area (Å²) in [6, 6.07) is 11.8. The summed E-state index contributed by atoms with van der Waals surface area (Å²) in [5.74, 6) is 0.772. The lowest BCUT2D eigenvalue weighted by Crippen LogP contribution is -2.33. The fraction of sp³-hybridized carbons (Fsp3) is 0.450. The molecular weight excluding hydrogens is 336 g/mol. The maximum absolute atomic E-state index is 12.5. The van der Waals surface area contributed by atoms with Crippen molar-refractivity contribution in [2.75, 3.05) is 19.8 Å². The first-order valence-corrected chi connectivity index (χ1v) is 9.29. The predicted molar refractivity (Wildman–Crippen MR) is 99.8 cm³/mol. The lowest BCUT2D eigenvalue weighted by atomic mass is 9.94. The molecule has 0 saturated carbocycles. The van der Waals surface area contributed by atoms with Crippen molar-refractivity contribution in [1.82, 2.24) is 9.88 Å². The van der Waals surface area contributed by atoms with E-state index in [0.717, 1.165) is 44.7 Å². The van der Waals surface area contributed by atoms with Crippen LogP contribution in [0.5, 0.6) is 0 Å². The minimum Gasteiger partial charge on any atom is -0.381 e. The van der Waals surface area contributed by atoms with Crippen LogP contribution >= 0.6 is 11.6 Å². The summed E-state index contributed by atoms with van der Waals surface area (Å²) >= 11 is 6.01. The van der Waals surface area contributed by atoms with Gasteiger partial charge in [0.25, 0.3) is 0 Å². The van der Waals surface area contributed by atoms with Crippen molar-refractivity contribution in [3.05, 3.63) is 59.4 Å². The summed E-state index contributed by atoms with van der Waals surface area (Å²) < 4.78 is 7.49. The zero-order valence-electron chi connectivity index (χ0n) is 14.4. The largest absolute Gasteiger partial charge is 0.381 e. The Labute approximate surface area is 154 Å². The number of nitrogens with zero attached hydrogens (tertiary/aromatic N) is 1. The predicted octanol–water partition coefficient (Wildman–Crippen LogP) is 3.86. The number of carbonyl (C=O) groups is 1. The molecule has 0 spiro atoms. The number of halogens is 1. The van der Waals surface area contributed by atoms with Gasteiger partial charge in [-0.2, -0.15) is 0 Å². The number of ether oxygens (including phenoxy) is 1. The van der Waals surface area contributed by atoms with Crippen molar-refractivity contribution in [1.29, 1.82) is 0 Å². The van der Waals surface area contributed by atoms with Gasteiger partial charge in [0.05, 0.1) is 0 Å². The van der Waals surface area contributed by atoms with E-state index in [-0.39, 0.29) is 11.8 Å². The van der Waals surface area contributed by atoms with Gasteiger partial charge in [-0.15, -0.1) is 0 Å². The van der Waals surface area contributed by atoms with Gasteiger partial charge in [-0.3, -0.25) is 4.79 Å².